The van der Waals surface area contributed by atoms with E-state index < -0.39 is 6.03 Å². The molecule has 0 saturated carbocycles. The van der Waals surface area contributed by atoms with Crippen LogP contribution in [0.4, 0.5) is 4.79 Å². The molecule has 2 heterocycles. The van der Waals surface area contributed by atoms with Crippen molar-refractivity contribution in [2.24, 2.45) is 0 Å². The molecule has 0 spiro atoms. The first-order valence-electron chi connectivity index (χ1n) is 12.4. The van der Waals surface area contributed by atoms with Gasteiger partial charge in [0.15, 0.2) is 0 Å². The molecule has 6 nitrogen and oxygen atoms in total. The topological polar surface area (TPSA) is 63.6 Å². The molecule has 0 bridgehead atoms. The summed E-state index contributed by atoms with van der Waals surface area (Å²) in [6.07, 6.45) is 1.75. The summed E-state index contributed by atoms with van der Waals surface area (Å²) in [5, 5.41) is 2.74. The van der Waals surface area contributed by atoms with Gasteiger partial charge in [0.05, 0.1) is 6.54 Å². The Bertz CT molecular complexity index is 1540. The number of carbonyl (C=O) groups is 2. The van der Waals surface area contributed by atoms with Gasteiger partial charge in [0.2, 0.25) is 0 Å². The Morgan fingerprint density at radius 1 is 0.895 bits per heavy atom. The van der Waals surface area contributed by atoms with Crippen molar-refractivity contribution in [3.8, 4) is 11.4 Å². The number of hydrogen-bond donors (Lipinski definition) is 1. The number of benzene rings is 3. The number of carbonyl (C=O) groups excluding carboxylic acids is 2. The van der Waals surface area contributed by atoms with Crippen molar-refractivity contribution in [2.45, 2.75) is 33.9 Å². The van der Waals surface area contributed by atoms with E-state index in [4.69, 9.17) is 4.74 Å². The fourth-order valence-corrected chi connectivity index (χ4v) is 4.90. The van der Waals surface area contributed by atoms with Gasteiger partial charge in [0.25, 0.3) is 5.91 Å². The minimum atomic E-state index is -0.407. The van der Waals surface area contributed by atoms with E-state index in [0.29, 0.717) is 6.61 Å². The highest BCUT2D eigenvalue weighted by atomic mass is 79.9. The van der Waals surface area contributed by atoms with Crippen molar-refractivity contribution < 1.29 is 14.3 Å². The largest absolute Gasteiger partial charge is 0.489 e. The van der Waals surface area contributed by atoms with E-state index in [9.17, 15) is 9.59 Å². The number of aromatic nitrogens is 1. The third-order valence-corrected chi connectivity index (χ3v) is 7.10. The van der Waals surface area contributed by atoms with E-state index in [1.165, 1.54) is 4.90 Å². The fraction of sp³-hybridized carbons (Fsp3) is 0.161. The molecule has 1 aliphatic heterocycles. The highest BCUT2D eigenvalue weighted by molar-refractivity contribution is 9.10. The molecular formula is C31H28BrN3O3. The van der Waals surface area contributed by atoms with Crippen LogP contribution in [0.25, 0.3) is 11.8 Å². The van der Waals surface area contributed by atoms with E-state index >= 15 is 0 Å². The second-order valence-corrected chi connectivity index (χ2v) is 10.4. The van der Waals surface area contributed by atoms with Gasteiger partial charge in [0.1, 0.15) is 18.1 Å². The molecule has 0 radical (unpaired) electrons. The first-order valence-corrected chi connectivity index (χ1v) is 13.1. The minimum Gasteiger partial charge on any atom is -0.489 e. The van der Waals surface area contributed by atoms with Gasteiger partial charge in [-0.15, -0.1) is 0 Å². The van der Waals surface area contributed by atoms with Crippen LogP contribution in [0, 0.1) is 20.8 Å². The smallest absolute Gasteiger partial charge is 0.329 e. The molecule has 5 rings (SSSR count). The molecule has 0 aliphatic carbocycles. The summed E-state index contributed by atoms with van der Waals surface area (Å²) in [7, 11) is 0. The van der Waals surface area contributed by atoms with Crippen molar-refractivity contribution >= 4 is 33.9 Å². The Hall–Kier alpha value is -4.10. The van der Waals surface area contributed by atoms with Crippen LogP contribution in [0.5, 0.6) is 5.75 Å². The molecule has 1 aromatic heterocycles. The van der Waals surface area contributed by atoms with Gasteiger partial charge in [-0.2, -0.15) is 0 Å². The van der Waals surface area contributed by atoms with Crippen molar-refractivity contribution in [1.82, 2.24) is 14.8 Å². The molecule has 4 aromatic rings. The Kier molecular flexibility index (Phi) is 7.20. The highest BCUT2D eigenvalue weighted by Crippen LogP contribution is 2.26. The lowest BCUT2D eigenvalue weighted by atomic mass is 10.1. The third-order valence-electron chi connectivity index (χ3n) is 6.57. The number of urea groups is 1. The number of ether oxygens (including phenoxy) is 1. The van der Waals surface area contributed by atoms with E-state index in [2.05, 4.69) is 25.8 Å². The van der Waals surface area contributed by atoms with Crippen LogP contribution in [0.3, 0.4) is 0 Å². The molecule has 1 fully saturated rings. The second-order valence-electron chi connectivity index (χ2n) is 9.44. The molecule has 3 aromatic carbocycles. The van der Waals surface area contributed by atoms with E-state index in [1.54, 1.807) is 6.08 Å². The minimum absolute atomic E-state index is 0.235. The zero-order valence-corrected chi connectivity index (χ0v) is 23.1. The maximum absolute atomic E-state index is 13.1. The van der Waals surface area contributed by atoms with Crippen LogP contribution in [0.1, 0.15) is 33.6 Å². The van der Waals surface area contributed by atoms with Crippen molar-refractivity contribution in [3.05, 3.63) is 123 Å². The number of aryl methyl sites for hydroxylation is 2. The maximum atomic E-state index is 13.1. The van der Waals surface area contributed by atoms with Crippen LogP contribution in [0.2, 0.25) is 0 Å². The van der Waals surface area contributed by atoms with E-state index in [1.807, 2.05) is 99.6 Å². The van der Waals surface area contributed by atoms with E-state index in [-0.39, 0.29) is 18.1 Å². The molecular weight excluding hydrogens is 542 g/mol. The van der Waals surface area contributed by atoms with Gasteiger partial charge < -0.3 is 14.6 Å². The molecule has 1 saturated heterocycles. The monoisotopic (exact) mass is 569 g/mol. The highest BCUT2D eigenvalue weighted by Gasteiger charge is 2.33. The number of imide groups is 1. The first-order chi connectivity index (χ1) is 18.3. The van der Waals surface area contributed by atoms with Gasteiger partial charge in [0, 0.05) is 21.5 Å². The number of halogens is 1. The molecule has 38 heavy (non-hydrogen) atoms. The summed E-state index contributed by atoms with van der Waals surface area (Å²) in [5.41, 5.74) is 7.23. The van der Waals surface area contributed by atoms with Crippen LogP contribution >= 0.6 is 15.9 Å². The molecule has 0 atom stereocenters. The normalized spacial score (nSPS) is 14.3. The predicted octanol–water partition coefficient (Wildman–Crippen LogP) is 6.84. The molecule has 0 unspecified atom stereocenters. The van der Waals surface area contributed by atoms with Crippen molar-refractivity contribution in [1.29, 1.82) is 0 Å². The van der Waals surface area contributed by atoms with Gasteiger partial charge in [-0.3, -0.25) is 9.69 Å². The Morgan fingerprint density at radius 3 is 2.34 bits per heavy atom. The van der Waals surface area contributed by atoms with E-state index in [0.717, 1.165) is 49.6 Å². The number of nitrogens with one attached hydrogen (secondary N) is 1. The van der Waals surface area contributed by atoms with Gasteiger partial charge in [-0.05, 0) is 86.0 Å². The lowest BCUT2D eigenvalue weighted by Crippen LogP contribution is -2.30. The van der Waals surface area contributed by atoms with Gasteiger partial charge >= 0.3 is 6.03 Å². The Balaban J connectivity index is 1.31. The van der Waals surface area contributed by atoms with Crippen LogP contribution in [-0.4, -0.2) is 21.4 Å². The number of amides is 3. The van der Waals surface area contributed by atoms with Crippen LogP contribution in [0.15, 0.2) is 89.0 Å². The summed E-state index contributed by atoms with van der Waals surface area (Å²) in [6.45, 7) is 6.74. The van der Waals surface area contributed by atoms with Crippen molar-refractivity contribution in [3.63, 3.8) is 0 Å². The van der Waals surface area contributed by atoms with Crippen LogP contribution < -0.4 is 10.1 Å². The summed E-state index contributed by atoms with van der Waals surface area (Å²) in [6, 6.07) is 25.4. The zero-order valence-electron chi connectivity index (χ0n) is 21.5. The number of nitrogens with zero attached hydrogens (tertiary/aromatic N) is 2. The van der Waals surface area contributed by atoms with Crippen molar-refractivity contribution in [2.75, 3.05) is 0 Å². The average Bonchev–Trinajstić information content (AvgIpc) is 3.32. The lowest BCUT2D eigenvalue weighted by Gasteiger charge is -2.12. The van der Waals surface area contributed by atoms with Gasteiger partial charge in [-0.25, -0.2) is 4.79 Å². The Labute approximate surface area is 230 Å². The number of hydrogen-bond acceptors (Lipinski definition) is 3. The number of rotatable bonds is 7. The zero-order chi connectivity index (χ0) is 26.8. The standard InChI is InChI=1S/C31H28BrN3O3/c1-20-5-4-6-24(15-20)18-34-30(36)29(33-31(34)37)17-25-16-21(2)35(22(25)3)27-11-13-28(14-12-27)38-19-23-7-9-26(32)10-8-23/h4-17H,18-19H2,1-3H3,(H,33,37)/b29-17+. The Morgan fingerprint density at radius 2 is 1.63 bits per heavy atom. The average molecular weight is 570 g/mol. The summed E-state index contributed by atoms with van der Waals surface area (Å²) >= 11 is 3.45. The molecule has 7 heteroatoms. The summed E-state index contributed by atoms with van der Waals surface area (Å²) in [5.74, 6) is 0.461. The predicted molar refractivity (Wildman–Crippen MR) is 152 cm³/mol. The maximum Gasteiger partial charge on any atom is 0.329 e. The molecule has 1 aliphatic rings. The summed E-state index contributed by atoms with van der Waals surface area (Å²) in [4.78, 5) is 26.9. The lowest BCUT2D eigenvalue weighted by molar-refractivity contribution is -0.123. The molecule has 3 amide bonds. The van der Waals surface area contributed by atoms with Gasteiger partial charge in [-0.1, -0.05) is 57.9 Å². The first kappa shape index (κ1) is 25.5. The fourth-order valence-electron chi connectivity index (χ4n) is 4.63. The SMILES string of the molecule is Cc1cccc(CN2C(=O)N/C(=C/c3cc(C)n(-c4ccc(OCc5ccc(Br)cc5)cc4)c3C)C2=O)c1. The quantitative estimate of drug-likeness (QED) is 0.196. The molecule has 1 N–H and O–H groups in total. The summed E-state index contributed by atoms with van der Waals surface area (Å²) < 4.78 is 9.10. The molecule has 192 valence electrons. The second kappa shape index (κ2) is 10.7. The van der Waals surface area contributed by atoms with Crippen LogP contribution in [-0.2, 0) is 17.9 Å². The third kappa shape index (κ3) is 5.43.